The number of fused-ring (bicyclic) bond motifs is 3. The van der Waals surface area contributed by atoms with Crippen molar-refractivity contribution in [1.82, 2.24) is 0 Å². The van der Waals surface area contributed by atoms with Gasteiger partial charge in [0.1, 0.15) is 5.75 Å². The van der Waals surface area contributed by atoms with Gasteiger partial charge in [0.05, 0.1) is 0 Å². The molecule has 19 heavy (non-hydrogen) atoms. The molecule has 0 amide bonds. The maximum Gasteiger partial charge on any atom is 1.00 e. The predicted molar refractivity (Wildman–Crippen MR) is 68.8 cm³/mol. The van der Waals surface area contributed by atoms with Crippen molar-refractivity contribution < 1.29 is 38.2 Å². The fourth-order valence-corrected chi connectivity index (χ4v) is 3.42. The zero-order chi connectivity index (χ0) is 12.8. The monoisotopic (exact) mass is 276 g/mol. The molecule has 0 aliphatic rings. The molecule has 0 aliphatic carbocycles. The molecule has 0 fully saturated rings. The first-order chi connectivity index (χ1) is 8.53. The molecule has 0 N–H and O–H groups in total. The number of ether oxygens (including phenoxy) is 1. The van der Waals surface area contributed by atoms with Crippen LogP contribution in [0.4, 0.5) is 13.2 Å². The summed E-state index contributed by atoms with van der Waals surface area (Å²) in [6.45, 7) is 0. The molecule has 94 valence electrons. The first-order valence-corrected chi connectivity index (χ1v) is 6.29. The van der Waals surface area contributed by atoms with E-state index in [1.807, 2.05) is 24.3 Å². The summed E-state index contributed by atoms with van der Waals surface area (Å²) >= 11 is 0. The molecule has 0 bridgehead atoms. The zero-order valence-corrected chi connectivity index (χ0v) is 11.1. The second-order valence-corrected chi connectivity index (χ2v) is 5.25. The third kappa shape index (κ3) is 2.92. The summed E-state index contributed by atoms with van der Waals surface area (Å²) in [6, 6.07) is 12.4. The Labute approximate surface area is 122 Å². The van der Waals surface area contributed by atoms with E-state index in [0.29, 0.717) is 8.19 Å². The van der Waals surface area contributed by atoms with Crippen molar-refractivity contribution in [1.29, 1.82) is 0 Å². The summed E-state index contributed by atoms with van der Waals surface area (Å²) in [5.74, 6) is -0.151. The molecule has 1 unspecified atom stereocenters. The van der Waals surface area contributed by atoms with Crippen LogP contribution in [0.3, 0.4) is 0 Å². The third-order valence-electron chi connectivity index (χ3n) is 2.71. The Hall–Kier alpha value is -1.07. The van der Waals surface area contributed by atoms with Gasteiger partial charge in [0.2, 0.25) is 0 Å². The second kappa shape index (κ2) is 5.13. The van der Waals surface area contributed by atoms with Crippen LogP contribution in [0.25, 0.3) is 21.0 Å². The second-order valence-electron chi connectivity index (χ2n) is 3.93. The van der Waals surface area contributed by atoms with Gasteiger partial charge >= 0.3 is 25.2 Å². The molecule has 3 aromatic rings. The van der Waals surface area contributed by atoms with Gasteiger partial charge in [-0.2, -0.15) is 0 Å². The average molecular weight is 276 g/mol. The van der Waals surface area contributed by atoms with Crippen LogP contribution in [0.15, 0.2) is 42.5 Å². The van der Waals surface area contributed by atoms with Crippen LogP contribution in [0.2, 0.25) is 0 Å². The predicted octanol–water partition coefficient (Wildman–Crippen LogP) is 2.04. The van der Waals surface area contributed by atoms with Gasteiger partial charge in [0.25, 0.3) is 0 Å². The number of hydrogen-bond acceptors (Lipinski definition) is 1. The van der Waals surface area contributed by atoms with Gasteiger partial charge < -0.3 is 6.16 Å². The summed E-state index contributed by atoms with van der Waals surface area (Å²) in [5, 5.41) is 4.16. The van der Waals surface area contributed by atoms with E-state index >= 15 is 0 Å². The normalized spacial score (nSPS) is 11.9. The quantitative estimate of drug-likeness (QED) is 0.618. The largest absolute Gasteiger partial charge is 1.00 e. The van der Waals surface area contributed by atoms with Crippen molar-refractivity contribution >= 4 is 29.2 Å². The SMILES string of the molecule is FC(F)(F)Oc1ccc2c(c1)[pH]c1ccccc12.[H-].[Li+]. The maximum atomic E-state index is 12.1. The van der Waals surface area contributed by atoms with Crippen molar-refractivity contribution in [2.24, 2.45) is 0 Å². The number of hydrogen-bond donors (Lipinski definition) is 0. The molecule has 2 aromatic carbocycles. The van der Waals surface area contributed by atoms with E-state index in [-0.39, 0.29) is 26.0 Å². The molecule has 0 aliphatic heterocycles. The van der Waals surface area contributed by atoms with Crippen molar-refractivity contribution in [2.75, 3.05) is 0 Å². The summed E-state index contributed by atoms with van der Waals surface area (Å²) in [5.41, 5.74) is 0. The molecule has 0 saturated carbocycles. The van der Waals surface area contributed by atoms with Crippen LogP contribution in [0, 0.1) is 0 Å². The molecule has 1 heterocycles. The number of alkyl halides is 3. The smallest absolute Gasteiger partial charge is 1.00 e. The Bertz CT molecular complexity index is 726. The van der Waals surface area contributed by atoms with Gasteiger partial charge in [0.15, 0.2) is 0 Å². The topological polar surface area (TPSA) is 9.23 Å². The molecular weight excluding hydrogens is 267 g/mol. The molecule has 1 aromatic heterocycles. The van der Waals surface area contributed by atoms with Gasteiger partial charge in [-0.15, -0.1) is 21.4 Å². The number of rotatable bonds is 1. The third-order valence-corrected chi connectivity index (χ3v) is 4.10. The van der Waals surface area contributed by atoms with Crippen molar-refractivity contribution in [3.63, 3.8) is 0 Å². The summed E-state index contributed by atoms with van der Waals surface area (Å²) < 4.78 is 40.3. The minimum absolute atomic E-state index is 0. The van der Waals surface area contributed by atoms with Gasteiger partial charge in [-0.05, 0) is 34.1 Å². The summed E-state index contributed by atoms with van der Waals surface area (Å²) in [7, 11) is 0.386. The average Bonchev–Trinajstić information content (AvgIpc) is 2.64. The van der Waals surface area contributed by atoms with Crippen LogP contribution < -0.4 is 23.6 Å². The summed E-state index contributed by atoms with van der Waals surface area (Å²) in [4.78, 5) is 0. The molecule has 0 saturated heterocycles. The van der Waals surface area contributed by atoms with E-state index in [0.717, 1.165) is 21.0 Å². The molecule has 1 nitrogen and oxygen atoms in total. The zero-order valence-electron chi connectivity index (χ0n) is 11.1. The van der Waals surface area contributed by atoms with Crippen molar-refractivity contribution in [3.8, 4) is 5.75 Å². The van der Waals surface area contributed by atoms with E-state index in [2.05, 4.69) is 4.74 Å². The molecule has 0 spiro atoms. The first kappa shape index (κ1) is 14.3. The molecular formula is C13H9F3LiOP. The maximum absolute atomic E-state index is 12.1. The van der Waals surface area contributed by atoms with Gasteiger partial charge in [-0.25, -0.2) is 0 Å². The molecule has 6 heteroatoms. The van der Waals surface area contributed by atoms with E-state index in [1.165, 1.54) is 12.1 Å². The van der Waals surface area contributed by atoms with E-state index in [4.69, 9.17) is 0 Å². The van der Waals surface area contributed by atoms with Crippen LogP contribution in [0.5, 0.6) is 5.75 Å². The van der Waals surface area contributed by atoms with Gasteiger partial charge in [0, 0.05) is 5.12 Å². The van der Waals surface area contributed by atoms with Crippen LogP contribution in [-0.4, -0.2) is 6.36 Å². The standard InChI is InChI=1S/C13H8F3OP.Li.H/c14-13(15,16)17-8-5-6-10-9-3-1-2-4-11(9)18-12(10)7-8;;/h1-7,18H;;/q;+1;-1. The molecule has 3 rings (SSSR count). The van der Waals surface area contributed by atoms with E-state index in [9.17, 15) is 13.2 Å². The van der Waals surface area contributed by atoms with Crippen LogP contribution in [-0.2, 0) is 0 Å². The van der Waals surface area contributed by atoms with Gasteiger partial charge in [-0.3, -0.25) is 0 Å². The molecule has 0 radical (unpaired) electrons. The van der Waals surface area contributed by atoms with Crippen molar-refractivity contribution in [2.45, 2.75) is 6.36 Å². The minimum atomic E-state index is -4.64. The number of halogens is 3. The first-order valence-electron chi connectivity index (χ1n) is 5.29. The Morgan fingerprint density at radius 2 is 1.63 bits per heavy atom. The molecule has 1 atom stereocenters. The Kier molecular flexibility index (Phi) is 3.87. The minimum Gasteiger partial charge on any atom is -1.00 e. The van der Waals surface area contributed by atoms with Crippen LogP contribution in [0.1, 0.15) is 1.43 Å². The fourth-order valence-electron chi connectivity index (χ4n) is 2.03. The Balaban J connectivity index is 0.000001000. The van der Waals surface area contributed by atoms with E-state index < -0.39 is 6.36 Å². The fraction of sp³-hybridized carbons (Fsp3) is 0.0769. The van der Waals surface area contributed by atoms with Gasteiger partial charge in [-0.1, -0.05) is 24.3 Å². The van der Waals surface area contributed by atoms with E-state index in [1.54, 1.807) is 6.07 Å². The van der Waals surface area contributed by atoms with Crippen LogP contribution >= 0.6 is 8.19 Å². The van der Waals surface area contributed by atoms with Crippen molar-refractivity contribution in [3.05, 3.63) is 42.5 Å². The Morgan fingerprint density at radius 1 is 0.947 bits per heavy atom. The Morgan fingerprint density at radius 3 is 2.37 bits per heavy atom. The summed E-state index contributed by atoms with van der Waals surface area (Å²) in [6.07, 6.45) is -4.64. The number of benzene rings is 2.